The van der Waals surface area contributed by atoms with Crippen LogP contribution in [0.1, 0.15) is 24.1 Å². The Balaban J connectivity index is 1.40. The molecule has 0 spiro atoms. The predicted octanol–water partition coefficient (Wildman–Crippen LogP) is 2.59. The van der Waals surface area contributed by atoms with Crippen molar-refractivity contribution in [1.82, 2.24) is 14.9 Å². The van der Waals surface area contributed by atoms with Gasteiger partial charge in [0.25, 0.3) is 0 Å². The van der Waals surface area contributed by atoms with Crippen molar-refractivity contribution < 1.29 is 4.74 Å². The first-order chi connectivity index (χ1) is 9.90. The monoisotopic (exact) mass is 271 g/mol. The second-order valence-corrected chi connectivity index (χ2v) is 5.35. The first kappa shape index (κ1) is 13.3. The molecule has 0 bridgehead atoms. The van der Waals surface area contributed by atoms with E-state index in [9.17, 15) is 0 Å². The average molecular weight is 271 g/mol. The average Bonchev–Trinajstić information content (AvgIpc) is 3.01. The van der Waals surface area contributed by atoms with Crippen molar-refractivity contribution >= 4 is 0 Å². The van der Waals surface area contributed by atoms with Gasteiger partial charge in [-0.2, -0.15) is 0 Å². The molecule has 20 heavy (non-hydrogen) atoms. The van der Waals surface area contributed by atoms with E-state index < -0.39 is 0 Å². The summed E-state index contributed by atoms with van der Waals surface area (Å²) in [6, 6.07) is 10.4. The van der Waals surface area contributed by atoms with Crippen molar-refractivity contribution in [3.63, 3.8) is 0 Å². The highest BCUT2D eigenvalue weighted by molar-refractivity contribution is 5.13. The summed E-state index contributed by atoms with van der Waals surface area (Å²) in [6.45, 7) is 3.88. The third-order valence-corrected chi connectivity index (χ3v) is 3.81. The maximum absolute atomic E-state index is 6.01. The molecule has 1 aliphatic heterocycles. The van der Waals surface area contributed by atoms with Crippen LogP contribution in [0.15, 0.2) is 42.9 Å². The molecule has 0 radical (unpaired) electrons. The van der Waals surface area contributed by atoms with Gasteiger partial charge in [0.1, 0.15) is 0 Å². The van der Waals surface area contributed by atoms with Gasteiger partial charge in [0, 0.05) is 31.5 Å². The molecule has 4 heteroatoms. The van der Waals surface area contributed by atoms with Crippen molar-refractivity contribution in [2.24, 2.45) is 0 Å². The SMILES string of the molecule is c1ccc(COC2CCN(Cc3cnc[nH]3)CC2)cc1. The van der Waals surface area contributed by atoms with Gasteiger partial charge in [-0.25, -0.2) is 4.98 Å². The smallest absolute Gasteiger partial charge is 0.0922 e. The van der Waals surface area contributed by atoms with E-state index in [0.29, 0.717) is 6.10 Å². The fourth-order valence-electron chi connectivity index (χ4n) is 2.63. The number of H-pyrrole nitrogens is 1. The number of rotatable bonds is 5. The van der Waals surface area contributed by atoms with Crippen LogP contribution in [0.2, 0.25) is 0 Å². The molecule has 1 fully saturated rings. The Morgan fingerprint density at radius 3 is 2.70 bits per heavy atom. The summed E-state index contributed by atoms with van der Waals surface area (Å²) in [5.74, 6) is 0. The first-order valence-corrected chi connectivity index (χ1v) is 7.25. The standard InChI is InChI=1S/C16H21N3O/c1-2-4-14(5-3-1)12-20-16-6-8-19(9-7-16)11-15-10-17-13-18-15/h1-5,10,13,16H,6-9,11-12H2,(H,17,18). The molecule has 1 aromatic heterocycles. The van der Waals surface area contributed by atoms with Gasteiger partial charge in [-0.3, -0.25) is 4.90 Å². The van der Waals surface area contributed by atoms with Gasteiger partial charge in [-0.1, -0.05) is 30.3 Å². The fourth-order valence-corrected chi connectivity index (χ4v) is 2.63. The van der Waals surface area contributed by atoms with Crippen LogP contribution in [0.4, 0.5) is 0 Å². The second kappa shape index (κ2) is 6.68. The molecule has 0 atom stereocenters. The summed E-state index contributed by atoms with van der Waals surface area (Å²) >= 11 is 0. The summed E-state index contributed by atoms with van der Waals surface area (Å²) in [5.41, 5.74) is 2.45. The number of hydrogen-bond acceptors (Lipinski definition) is 3. The zero-order chi connectivity index (χ0) is 13.6. The molecule has 1 aliphatic rings. The molecule has 106 valence electrons. The van der Waals surface area contributed by atoms with E-state index in [1.165, 1.54) is 11.3 Å². The minimum atomic E-state index is 0.397. The first-order valence-electron chi connectivity index (χ1n) is 7.25. The van der Waals surface area contributed by atoms with Gasteiger partial charge in [0.2, 0.25) is 0 Å². The van der Waals surface area contributed by atoms with Gasteiger partial charge < -0.3 is 9.72 Å². The lowest BCUT2D eigenvalue weighted by Gasteiger charge is -2.31. The van der Waals surface area contributed by atoms with Crippen LogP contribution in [-0.4, -0.2) is 34.1 Å². The number of imidazole rings is 1. The maximum atomic E-state index is 6.01. The molecular weight excluding hydrogens is 250 g/mol. The quantitative estimate of drug-likeness (QED) is 0.908. The largest absolute Gasteiger partial charge is 0.373 e. The number of aromatic amines is 1. The van der Waals surface area contributed by atoms with Crippen LogP contribution in [-0.2, 0) is 17.9 Å². The summed E-state index contributed by atoms with van der Waals surface area (Å²) in [6.07, 6.45) is 6.26. The lowest BCUT2D eigenvalue weighted by atomic mass is 10.1. The molecular formula is C16H21N3O. The van der Waals surface area contributed by atoms with E-state index in [1.54, 1.807) is 6.33 Å². The zero-order valence-electron chi connectivity index (χ0n) is 11.7. The molecule has 1 saturated heterocycles. The Labute approximate surface area is 119 Å². The van der Waals surface area contributed by atoms with Crippen LogP contribution >= 0.6 is 0 Å². The van der Waals surface area contributed by atoms with Crippen LogP contribution in [0, 0.1) is 0 Å². The van der Waals surface area contributed by atoms with E-state index in [0.717, 1.165) is 39.1 Å². The minimum absolute atomic E-state index is 0.397. The normalized spacial score (nSPS) is 17.4. The van der Waals surface area contributed by atoms with Gasteiger partial charge in [0.05, 0.1) is 19.0 Å². The summed E-state index contributed by atoms with van der Waals surface area (Å²) in [7, 11) is 0. The Morgan fingerprint density at radius 1 is 1.20 bits per heavy atom. The minimum Gasteiger partial charge on any atom is -0.373 e. The molecule has 4 nitrogen and oxygen atoms in total. The van der Waals surface area contributed by atoms with Crippen molar-refractivity contribution in [3.05, 3.63) is 54.1 Å². The molecule has 2 aromatic rings. The summed E-state index contributed by atoms with van der Waals surface area (Å²) in [4.78, 5) is 9.67. The Hall–Kier alpha value is -1.65. The fraction of sp³-hybridized carbons (Fsp3) is 0.438. The lowest BCUT2D eigenvalue weighted by Crippen LogP contribution is -2.36. The van der Waals surface area contributed by atoms with Crippen molar-refractivity contribution in [2.45, 2.75) is 32.1 Å². The van der Waals surface area contributed by atoms with Crippen molar-refractivity contribution in [2.75, 3.05) is 13.1 Å². The number of piperidine rings is 1. The van der Waals surface area contributed by atoms with Gasteiger partial charge in [0.15, 0.2) is 0 Å². The number of aromatic nitrogens is 2. The number of likely N-dealkylation sites (tertiary alicyclic amines) is 1. The Kier molecular flexibility index (Phi) is 4.46. The molecule has 3 rings (SSSR count). The predicted molar refractivity (Wildman–Crippen MR) is 78.1 cm³/mol. The highest BCUT2D eigenvalue weighted by atomic mass is 16.5. The number of ether oxygens (including phenoxy) is 1. The van der Waals surface area contributed by atoms with Crippen molar-refractivity contribution in [1.29, 1.82) is 0 Å². The molecule has 0 aliphatic carbocycles. The molecule has 0 unspecified atom stereocenters. The summed E-state index contributed by atoms with van der Waals surface area (Å²) in [5, 5.41) is 0. The van der Waals surface area contributed by atoms with E-state index in [2.05, 4.69) is 39.1 Å². The van der Waals surface area contributed by atoms with Crippen LogP contribution in [0.25, 0.3) is 0 Å². The van der Waals surface area contributed by atoms with E-state index in [-0.39, 0.29) is 0 Å². The number of nitrogens with one attached hydrogen (secondary N) is 1. The van der Waals surface area contributed by atoms with Gasteiger partial charge in [-0.15, -0.1) is 0 Å². The molecule has 1 aromatic carbocycles. The number of hydrogen-bond donors (Lipinski definition) is 1. The highest BCUT2D eigenvalue weighted by Crippen LogP contribution is 2.17. The maximum Gasteiger partial charge on any atom is 0.0922 e. The van der Waals surface area contributed by atoms with Crippen LogP contribution in [0.3, 0.4) is 0 Å². The van der Waals surface area contributed by atoms with Crippen LogP contribution < -0.4 is 0 Å². The summed E-state index contributed by atoms with van der Waals surface area (Å²) < 4.78 is 6.01. The highest BCUT2D eigenvalue weighted by Gasteiger charge is 2.19. The third kappa shape index (κ3) is 3.68. The van der Waals surface area contributed by atoms with Gasteiger partial charge >= 0.3 is 0 Å². The van der Waals surface area contributed by atoms with E-state index in [1.807, 2.05) is 12.3 Å². The molecule has 2 heterocycles. The third-order valence-electron chi connectivity index (χ3n) is 3.81. The van der Waals surface area contributed by atoms with Crippen LogP contribution in [0.5, 0.6) is 0 Å². The molecule has 0 saturated carbocycles. The second-order valence-electron chi connectivity index (χ2n) is 5.35. The van der Waals surface area contributed by atoms with E-state index in [4.69, 9.17) is 4.74 Å². The topological polar surface area (TPSA) is 41.1 Å². The Bertz CT molecular complexity index is 490. The lowest BCUT2D eigenvalue weighted by molar-refractivity contribution is -0.00412. The van der Waals surface area contributed by atoms with Crippen molar-refractivity contribution in [3.8, 4) is 0 Å². The molecule has 0 amide bonds. The number of nitrogens with zero attached hydrogens (tertiary/aromatic N) is 2. The molecule has 1 N–H and O–H groups in total. The Morgan fingerprint density at radius 2 is 2.00 bits per heavy atom. The zero-order valence-corrected chi connectivity index (χ0v) is 11.7. The van der Waals surface area contributed by atoms with E-state index >= 15 is 0 Å². The number of benzene rings is 1. The van der Waals surface area contributed by atoms with Gasteiger partial charge in [-0.05, 0) is 18.4 Å².